The second-order valence-corrected chi connectivity index (χ2v) is 7.08. The minimum atomic E-state index is -0.810. The number of carbonyl (C=O) groups excluding carboxylic acids is 2. The highest BCUT2D eigenvalue weighted by Crippen LogP contribution is 2.30. The number of aryl methyl sites for hydroxylation is 1. The van der Waals surface area contributed by atoms with Crippen LogP contribution < -0.4 is 10.6 Å². The van der Waals surface area contributed by atoms with Crippen molar-refractivity contribution in [3.05, 3.63) is 63.6 Å². The van der Waals surface area contributed by atoms with Crippen LogP contribution in [0.4, 0.5) is 11.5 Å². The maximum absolute atomic E-state index is 12.1. The van der Waals surface area contributed by atoms with Crippen molar-refractivity contribution in [2.75, 3.05) is 10.6 Å². The van der Waals surface area contributed by atoms with E-state index in [1.165, 1.54) is 0 Å². The summed E-state index contributed by atoms with van der Waals surface area (Å²) in [5.41, 5.74) is 2.97. The fourth-order valence-electron chi connectivity index (χ4n) is 2.46. The lowest BCUT2D eigenvalue weighted by Gasteiger charge is -2.06. The number of halogens is 2. The molecular weight excluding hydrogens is 432 g/mol. The molecule has 0 aliphatic rings. The topological polar surface area (TPSA) is 86.9 Å². The average Bonchev–Trinajstić information content (AvgIpc) is 3.12. The molecule has 0 unspecified atom stereocenters. The van der Waals surface area contributed by atoms with Crippen LogP contribution in [0, 0.1) is 0 Å². The van der Waals surface area contributed by atoms with Gasteiger partial charge in [-0.2, -0.15) is 5.10 Å². The number of hydrogen-bond acceptors (Lipinski definition) is 3. The molecule has 0 aliphatic heterocycles. The Bertz CT molecular complexity index is 1000. The molecule has 0 radical (unpaired) electrons. The maximum Gasteiger partial charge on any atom is 0.315 e. The van der Waals surface area contributed by atoms with E-state index in [0.29, 0.717) is 16.4 Å². The summed E-state index contributed by atoms with van der Waals surface area (Å²) in [6.45, 7) is 2.01. The van der Waals surface area contributed by atoms with Gasteiger partial charge in [0, 0.05) is 21.8 Å². The van der Waals surface area contributed by atoms with Gasteiger partial charge in [-0.3, -0.25) is 14.7 Å². The van der Waals surface area contributed by atoms with E-state index in [9.17, 15) is 9.59 Å². The van der Waals surface area contributed by atoms with Gasteiger partial charge >= 0.3 is 11.8 Å². The SMILES string of the molecule is CCc1cccc(NC(=O)C(=O)Nc2cc(-c3cc(Br)ccc3Cl)[nH]n2)c1. The molecule has 0 spiro atoms. The van der Waals surface area contributed by atoms with E-state index < -0.39 is 11.8 Å². The zero-order valence-electron chi connectivity index (χ0n) is 14.3. The van der Waals surface area contributed by atoms with Gasteiger partial charge in [0.25, 0.3) is 0 Å². The molecular formula is C19H16BrClN4O2. The highest BCUT2D eigenvalue weighted by Gasteiger charge is 2.16. The van der Waals surface area contributed by atoms with Crippen LogP contribution >= 0.6 is 27.5 Å². The van der Waals surface area contributed by atoms with E-state index in [0.717, 1.165) is 22.0 Å². The molecule has 1 aromatic heterocycles. The highest BCUT2D eigenvalue weighted by atomic mass is 79.9. The van der Waals surface area contributed by atoms with Crippen molar-refractivity contribution < 1.29 is 9.59 Å². The summed E-state index contributed by atoms with van der Waals surface area (Å²) in [5.74, 6) is -1.35. The van der Waals surface area contributed by atoms with Crippen LogP contribution in [0.5, 0.6) is 0 Å². The predicted molar refractivity (Wildman–Crippen MR) is 110 cm³/mol. The minimum absolute atomic E-state index is 0.225. The summed E-state index contributed by atoms with van der Waals surface area (Å²) in [4.78, 5) is 24.2. The fourth-order valence-corrected chi connectivity index (χ4v) is 3.04. The first-order chi connectivity index (χ1) is 13.0. The molecule has 6 nitrogen and oxygen atoms in total. The number of benzene rings is 2. The Morgan fingerprint density at radius 1 is 1.11 bits per heavy atom. The summed E-state index contributed by atoms with van der Waals surface area (Å²) in [6.07, 6.45) is 0.837. The van der Waals surface area contributed by atoms with Gasteiger partial charge in [-0.15, -0.1) is 0 Å². The zero-order valence-corrected chi connectivity index (χ0v) is 16.7. The molecule has 0 saturated heterocycles. The minimum Gasteiger partial charge on any atom is -0.318 e. The van der Waals surface area contributed by atoms with Crippen molar-refractivity contribution in [2.45, 2.75) is 13.3 Å². The number of nitrogens with one attached hydrogen (secondary N) is 3. The van der Waals surface area contributed by atoms with Crippen LogP contribution in [-0.4, -0.2) is 22.0 Å². The average molecular weight is 448 g/mol. The maximum atomic E-state index is 12.1. The first-order valence-electron chi connectivity index (χ1n) is 8.18. The first kappa shape index (κ1) is 19.1. The molecule has 1 heterocycles. The Hall–Kier alpha value is -2.64. The molecule has 27 heavy (non-hydrogen) atoms. The molecule has 0 bridgehead atoms. The first-order valence-corrected chi connectivity index (χ1v) is 9.35. The van der Waals surface area contributed by atoms with Gasteiger partial charge in [-0.25, -0.2) is 0 Å². The van der Waals surface area contributed by atoms with E-state index in [1.54, 1.807) is 18.2 Å². The fraction of sp³-hybridized carbons (Fsp3) is 0.105. The van der Waals surface area contributed by atoms with Crippen molar-refractivity contribution in [3.8, 4) is 11.3 Å². The number of amides is 2. The standard InChI is InChI=1S/C19H16BrClN4O2/c1-2-11-4-3-5-13(8-11)22-18(26)19(27)23-17-10-16(24-25-17)14-9-12(20)6-7-15(14)21/h3-10H,2H2,1H3,(H,22,26)(H2,23,24,25,27). The number of rotatable bonds is 4. The number of aromatic amines is 1. The molecule has 0 saturated carbocycles. The van der Waals surface area contributed by atoms with Gasteiger partial charge in [-0.1, -0.05) is 46.6 Å². The lowest BCUT2D eigenvalue weighted by atomic mass is 10.1. The predicted octanol–water partition coefficient (Wildman–Crippen LogP) is 4.63. The molecule has 0 fully saturated rings. The van der Waals surface area contributed by atoms with Gasteiger partial charge in [0.1, 0.15) is 0 Å². The molecule has 0 aliphatic carbocycles. The second-order valence-electron chi connectivity index (χ2n) is 5.75. The Balaban J connectivity index is 1.68. The van der Waals surface area contributed by atoms with Gasteiger partial charge in [0.05, 0.1) is 10.7 Å². The Labute approximate surface area is 169 Å². The summed E-state index contributed by atoms with van der Waals surface area (Å²) in [5, 5.41) is 12.4. The number of nitrogens with zero attached hydrogens (tertiary/aromatic N) is 1. The van der Waals surface area contributed by atoms with Crippen LogP contribution in [0.25, 0.3) is 11.3 Å². The van der Waals surface area contributed by atoms with Crippen LogP contribution in [0.15, 0.2) is 53.0 Å². The van der Waals surface area contributed by atoms with Crippen LogP contribution in [0.3, 0.4) is 0 Å². The van der Waals surface area contributed by atoms with Gasteiger partial charge in [0.2, 0.25) is 0 Å². The van der Waals surface area contributed by atoms with Gasteiger partial charge < -0.3 is 10.6 Å². The smallest absolute Gasteiger partial charge is 0.315 e. The van der Waals surface area contributed by atoms with Crippen LogP contribution in [-0.2, 0) is 16.0 Å². The molecule has 0 atom stereocenters. The van der Waals surface area contributed by atoms with Crippen molar-refractivity contribution in [3.63, 3.8) is 0 Å². The molecule has 3 aromatic rings. The molecule has 2 amide bonds. The van der Waals surface area contributed by atoms with Gasteiger partial charge in [0.15, 0.2) is 5.82 Å². The van der Waals surface area contributed by atoms with Crippen molar-refractivity contribution in [1.29, 1.82) is 0 Å². The molecule has 2 aromatic carbocycles. The number of anilines is 2. The van der Waals surface area contributed by atoms with E-state index in [-0.39, 0.29) is 5.82 Å². The quantitative estimate of drug-likeness (QED) is 0.510. The summed E-state index contributed by atoms with van der Waals surface area (Å²) < 4.78 is 0.857. The highest BCUT2D eigenvalue weighted by molar-refractivity contribution is 9.10. The number of hydrogen-bond donors (Lipinski definition) is 3. The van der Waals surface area contributed by atoms with E-state index in [2.05, 4.69) is 36.8 Å². The van der Waals surface area contributed by atoms with Crippen molar-refractivity contribution in [2.24, 2.45) is 0 Å². The summed E-state index contributed by atoms with van der Waals surface area (Å²) >= 11 is 9.58. The molecule has 8 heteroatoms. The Morgan fingerprint density at radius 2 is 1.89 bits per heavy atom. The lowest BCUT2D eigenvalue weighted by molar-refractivity contribution is -0.133. The van der Waals surface area contributed by atoms with Crippen LogP contribution in [0.2, 0.25) is 5.02 Å². The zero-order chi connectivity index (χ0) is 19.4. The number of carbonyl (C=O) groups is 2. The van der Waals surface area contributed by atoms with E-state index in [4.69, 9.17) is 11.6 Å². The largest absolute Gasteiger partial charge is 0.318 e. The van der Waals surface area contributed by atoms with Crippen molar-refractivity contribution >= 4 is 50.9 Å². The normalized spacial score (nSPS) is 10.5. The third-order valence-electron chi connectivity index (χ3n) is 3.84. The molecule has 138 valence electrons. The third-order valence-corrected chi connectivity index (χ3v) is 4.66. The van der Waals surface area contributed by atoms with E-state index in [1.807, 2.05) is 37.3 Å². The van der Waals surface area contributed by atoms with Gasteiger partial charge in [-0.05, 0) is 42.3 Å². The third kappa shape index (κ3) is 4.75. The number of aromatic nitrogens is 2. The summed E-state index contributed by atoms with van der Waals surface area (Å²) in [7, 11) is 0. The summed E-state index contributed by atoms with van der Waals surface area (Å²) in [6, 6.07) is 14.3. The molecule has 3 N–H and O–H groups in total. The van der Waals surface area contributed by atoms with E-state index >= 15 is 0 Å². The second kappa shape index (κ2) is 8.37. The monoisotopic (exact) mass is 446 g/mol. The Morgan fingerprint density at radius 3 is 2.67 bits per heavy atom. The lowest BCUT2D eigenvalue weighted by Crippen LogP contribution is -2.29. The molecule has 3 rings (SSSR count). The van der Waals surface area contributed by atoms with Crippen LogP contribution in [0.1, 0.15) is 12.5 Å². The van der Waals surface area contributed by atoms with Crippen molar-refractivity contribution in [1.82, 2.24) is 10.2 Å². The Kier molecular flexibility index (Phi) is 5.93. The number of H-pyrrole nitrogens is 1.